The predicted molar refractivity (Wildman–Crippen MR) is 171 cm³/mol. The SMILES string of the molecule is Cn1c(=O)[nH]c2ccc(CCCOCCCOCCCNCc3ccc(-c4[nH]nc5nc(NCCC(F)(F)F)ncc45)cc3)cc21. The van der Waals surface area contributed by atoms with E-state index in [4.69, 9.17) is 9.47 Å². The predicted octanol–water partition coefficient (Wildman–Crippen LogP) is 5.10. The summed E-state index contributed by atoms with van der Waals surface area (Å²) in [5.41, 5.74) is 6.04. The first-order valence-corrected chi connectivity index (χ1v) is 15.4. The first-order valence-electron chi connectivity index (χ1n) is 15.4. The van der Waals surface area contributed by atoms with E-state index in [1.165, 1.54) is 5.56 Å². The van der Waals surface area contributed by atoms with E-state index in [2.05, 4.69) is 41.8 Å². The highest BCUT2D eigenvalue weighted by Gasteiger charge is 2.26. The van der Waals surface area contributed by atoms with E-state index in [-0.39, 0.29) is 18.2 Å². The summed E-state index contributed by atoms with van der Waals surface area (Å²) in [5.74, 6) is 0.109. The zero-order chi connectivity index (χ0) is 32.4. The molecule has 0 spiro atoms. The molecule has 46 heavy (non-hydrogen) atoms. The molecule has 0 aliphatic carbocycles. The van der Waals surface area contributed by atoms with Crippen LogP contribution in [0.2, 0.25) is 0 Å². The van der Waals surface area contributed by atoms with Crippen LogP contribution < -0.4 is 16.3 Å². The van der Waals surface area contributed by atoms with Gasteiger partial charge in [0.15, 0.2) is 5.65 Å². The second-order valence-corrected chi connectivity index (χ2v) is 11.1. The van der Waals surface area contributed by atoms with Crippen LogP contribution in [0.3, 0.4) is 0 Å². The van der Waals surface area contributed by atoms with Crippen molar-refractivity contribution in [2.24, 2.45) is 7.05 Å². The van der Waals surface area contributed by atoms with Crippen molar-refractivity contribution < 1.29 is 22.6 Å². The molecular formula is C32H39F3N8O3. The van der Waals surface area contributed by atoms with Crippen molar-refractivity contribution >= 4 is 28.0 Å². The van der Waals surface area contributed by atoms with Crippen LogP contribution in [-0.4, -0.2) is 75.4 Å². The van der Waals surface area contributed by atoms with Gasteiger partial charge in [-0.25, -0.2) is 9.78 Å². The molecule has 4 N–H and O–H groups in total. The Morgan fingerprint density at radius 1 is 0.935 bits per heavy atom. The topological polar surface area (TPSA) is 135 Å². The number of halogens is 3. The molecule has 11 nitrogen and oxygen atoms in total. The third-order valence-corrected chi connectivity index (χ3v) is 7.52. The van der Waals surface area contributed by atoms with Crippen LogP contribution in [0, 0.1) is 0 Å². The molecule has 0 radical (unpaired) electrons. The fourth-order valence-corrected chi connectivity index (χ4v) is 5.02. The number of nitrogens with one attached hydrogen (secondary N) is 4. The largest absolute Gasteiger partial charge is 0.390 e. The van der Waals surface area contributed by atoms with Crippen molar-refractivity contribution in [2.75, 3.05) is 44.8 Å². The number of H-pyrrole nitrogens is 2. The molecule has 246 valence electrons. The van der Waals surface area contributed by atoms with Crippen molar-refractivity contribution in [3.8, 4) is 11.3 Å². The molecule has 0 amide bonds. The van der Waals surface area contributed by atoms with Crippen LogP contribution in [-0.2, 0) is 29.5 Å². The van der Waals surface area contributed by atoms with Gasteiger partial charge in [0.25, 0.3) is 0 Å². The van der Waals surface area contributed by atoms with Crippen LogP contribution in [0.4, 0.5) is 19.1 Å². The van der Waals surface area contributed by atoms with Crippen molar-refractivity contribution in [3.63, 3.8) is 0 Å². The number of alkyl halides is 3. The van der Waals surface area contributed by atoms with E-state index in [1.54, 1.807) is 17.8 Å². The Balaban J connectivity index is 0.900. The second-order valence-electron chi connectivity index (χ2n) is 11.1. The number of nitrogens with zero attached hydrogens (tertiary/aromatic N) is 4. The highest BCUT2D eigenvalue weighted by atomic mass is 19.4. The lowest BCUT2D eigenvalue weighted by Crippen LogP contribution is -2.16. The number of aromatic amines is 2. The summed E-state index contributed by atoms with van der Waals surface area (Å²) in [6.07, 6.45) is -0.0572. The first-order chi connectivity index (χ1) is 22.3. The maximum absolute atomic E-state index is 12.4. The molecule has 0 fully saturated rings. The Morgan fingerprint density at radius 3 is 2.46 bits per heavy atom. The van der Waals surface area contributed by atoms with E-state index in [1.807, 2.05) is 36.4 Å². The number of ether oxygens (including phenoxy) is 2. The highest BCUT2D eigenvalue weighted by molar-refractivity contribution is 5.90. The summed E-state index contributed by atoms with van der Waals surface area (Å²) in [7, 11) is 1.77. The van der Waals surface area contributed by atoms with E-state index in [0.29, 0.717) is 37.5 Å². The van der Waals surface area contributed by atoms with Gasteiger partial charge < -0.3 is 25.1 Å². The second kappa shape index (κ2) is 15.8. The Bertz CT molecular complexity index is 1750. The first kappa shape index (κ1) is 33.1. The number of hydrogen-bond acceptors (Lipinski definition) is 8. The number of aryl methyl sites for hydroxylation is 2. The van der Waals surface area contributed by atoms with E-state index in [0.717, 1.165) is 66.6 Å². The van der Waals surface area contributed by atoms with E-state index in [9.17, 15) is 18.0 Å². The minimum absolute atomic E-state index is 0.0992. The van der Waals surface area contributed by atoms with Crippen LogP contribution in [0.1, 0.15) is 36.8 Å². The van der Waals surface area contributed by atoms with Gasteiger partial charge in [0.1, 0.15) is 0 Å². The van der Waals surface area contributed by atoms with Gasteiger partial charge in [0.2, 0.25) is 5.95 Å². The normalized spacial score (nSPS) is 12.0. The molecule has 0 saturated carbocycles. The lowest BCUT2D eigenvalue weighted by molar-refractivity contribution is -0.131. The Kier molecular flexibility index (Phi) is 11.4. The van der Waals surface area contributed by atoms with E-state index < -0.39 is 12.6 Å². The number of fused-ring (bicyclic) bond motifs is 2. The number of benzene rings is 2. The average Bonchev–Trinajstić information content (AvgIpc) is 3.58. The van der Waals surface area contributed by atoms with Gasteiger partial charge in [-0.3, -0.25) is 9.67 Å². The molecule has 3 aromatic heterocycles. The molecule has 0 unspecified atom stereocenters. The Hall–Kier alpha value is -4.27. The summed E-state index contributed by atoms with van der Waals surface area (Å²) in [5, 5.41) is 13.9. The number of anilines is 1. The molecular weight excluding hydrogens is 601 g/mol. The van der Waals surface area contributed by atoms with Gasteiger partial charge in [0.05, 0.1) is 28.5 Å². The van der Waals surface area contributed by atoms with Gasteiger partial charge >= 0.3 is 11.9 Å². The summed E-state index contributed by atoms with van der Waals surface area (Å²) in [6, 6.07) is 14.1. The molecule has 2 aromatic carbocycles. The fraction of sp³-hybridized carbons (Fsp3) is 0.438. The number of aromatic nitrogens is 6. The maximum atomic E-state index is 12.4. The van der Waals surface area contributed by atoms with Crippen LogP contribution >= 0.6 is 0 Å². The number of hydrogen-bond donors (Lipinski definition) is 4. The molecule has 0 bridgehead atoms. The Labute approximate surface area is 263 Å². The molecule has 0 aliphatic heterocycles. The minimum Gasteiger partial charge on any atom is -0.381 e. The van der Waals surface area contributed by atoms with Crippen LogP contribution in [0.25, 0.3) is 33.3 Å². The van der Waals surface area contributed by atoms with E-state index >= 15 is 0 Å². The zero-order valence-corrected chi connectivity index (χ0v) is 25.8. The molecule has 0 atom stereocenters. The molecule has 3 heterocycles. The molecule has 5 rings (SSSR count). The Morgan fingerprint density at radius 2 is 1.67 bits per heavy atom. The van der Waals surface area contributed by atoms with Crippen molar-refractivity contribution in [1.82, 2.24) is 35.0 Å². The summed E-state index contributed by atoms with van der Waals surface area (Å²) >= 11 is 0. The van der Waals surface area contributed by atoms with Gasteiger partial charge in [-0.1, -0.05) is 30.3 Å². The van der Waals surface area contributed by atoms with Gasteiger partial charge in [-0.2, -0.15) is 23.3 Å². The van der Waals surface area contributed by atoms with Crippen molar-refractivity contribution in [1.29, 1.82) is 0 Å². The molecule has 14 heteroatoms. The van der Waals surface area contributed by atoms with Gasteiger partial charge in [0, 0.05) is 58.3 Å². The number of imidazole rings is 1. The number of rotatable bonds is 18. The summed E-state index contributed by atoms with van der Waals surface area (Å²) < 4.78 is 50.2. The quantitative estimate of drug-likeness (QED) is 0.0973. The zero-order valence-electron chi connectivity index (χ0n) is 25.8. The highest BCUT2D eigenvalue weighted by Crippen LogP contribution is 2.26. The minimum atomic E-state index is -4.24. The lowest BCUT2D eigenvalue weighted by atomic mass is 10.1. The average molecular weight is 641 g/mol. The van der Waals surface area contributed by atoms with Crippen LogP contribution in [0.5, 0.6) is 0 Å². The lowest BCUT2D eigenvalue weighted by Gasteiger charge is -2.08. The summed E-state index contributed by atoms with van der Waals surface area (Å²) in [4.78, 5) is 22.9. The van der Waals surface area contributed by atoms with Gasteiger partial charge in [-0.15, -0.1) is 0 Å². The molecule has 5 aromatic rings. The monoisotopic (exact) mass is 640 g/mol. The third-order valence-electron chi connectivity index (χ3n) is 7.52. The van der Waals surface area contributed by atoms with Gasteiger partial charge in [-0.05, 0) is 55.5 Å². The third kappa shape index (κ3) is 9.37. The standard InChI is InChI=1S/C32H39F3N8O3/c1-43-27-19-22(8-11-26(27)39-31(43)44)5-2-15-45-17-4-18-46-16-3-13-36-20-23-6-9-24(10-7-23)28-25-21-38-30(40-29(25)42-41-28)37-14-12-32(33,34)35/h6-11,19,21,36H,2-5,12-18,20H2,1H3,(H,39,44)(H2,37,38,40,41,42). The van der Waals surface area contributed by atoms with Crippen molar-refractivity contribution in [2.45, 2.75) is 44.8 Å². The smallest absolute Gasteiger partial charge is 0.381 e. The molecule has 0 aliphatic rings. The van der Waals surface area contributed by atoms with Crippen molar-refractivity contribution in [3.05, 3.63) is 70.3 Å². The van der Waals surface area contributed by atoms with Crippen LogP contribution in [0.15, 0.2) is 53.5 Å². The maximum Gasteiger partial charge on any atom is 0.390 e. The summed E-state index contributed by atoms with van der Waals surface area (Å²) in [6.45, 7) is 3.98. The fourth-order valence-electron chi connectivity index (χ4n) is 5.02. The molecule has 0 saturated heterocycles.